The Morgan fingerprint density at radius 3 is 2.82 bits per heavy atom. The summed E-state index contributed by atoms with van der Waals surface area (Å²) in [6, 6.07) is 10.0. The lowest BCUT2D eigenvalue weighted by molar-refractivity contribution is 1.06. The van der Waals surface area contributed by atoms with Crippen molar-refractivity contribution in [3.63, 3.8) is 0 Å². The number of benzene rings is 1. The molecule has 5 nitrogen and oxygen atoms in total. The summed E-state index contributed by atoms with van der Waals surface area (Å²) in [4.78, 5) is 9.13. The predicted molar refractivity (Wildman–Crippen MR) is 70.9 cm³/mol. The molecule has 1 aliphatic rings. The number of anilines is 4. The number of nitrogens with one attached hydrogen (secondary N) is 2. The van der Waals surface area contributed by atoms with Crippen molar-refractivity contribution in [2.24, 2.45) is 0 Å². The van der Waals surface area contributed by atoms with Crippen LogP contribution in [-0.2, 0) is 0 Å². The van der Waals surface area contributed by atoms with Gasteiger partial charge in [0.2, 0.25) is 0 Å². The topological polar surface area (TPSA) is 70.0 Å². The zero-order valence-electron chi connectivity index (χ0n) is 8.97. The molecule has 6 heteroatoms. The standard InChI is InChI=1S/C11H11N5S/c12-11-14-9-8(10(17)15-11)13-6-16(9)7-4-2-1-3-5-7/h1-5,13H,6H2,(H3,12,14,15,17). The molecule has 1 aromatic carbocycles. The molecule has 2 aromatic rings. The van der Waals surface area contributed by atoms with E-state index in [9.17, 15) is 0 Å². The number of para-hydroxylation sites is 1. The van der Waals surface area contributed by atoms with Crippen LogP contribution >= 0.6 is 12.2 Å². The molecule has 2 heterocycles. The van der Waals surface area contributed by atoms with Crippen LogP contribution in [0, 0.1) is 4.64 Å². The molecule has 0 bridgehead atoms. The third-order valence-electron chi connectivity index (χ3n) is 2.67. The molecule has 0 unspecified atom stereocenters. The highest BCUT2D eigenvalue weighted by Crippen LogP contribution is 2.35. The Morgan fingerprint density at radius 2 is 2.06 bits per heavy atom. The highest BCUT2D eigenvalue weighted by molar-refractivity contribution is 7.71. The Balaban J connectivity index is 2.13. The average Bonchev–Trinajstić information content (AvgIpc) is 2.74. The maximum Gasteiger partial charge on any atom is 0.200 e. The molecule has 0 spiro atoms. The quantitative estimate of drug-likeness (QED) is 0.672. The molecule has 17 heavy (non-hydrogen) atoms. The van der Waals surface area contributed by atoms with Gasteiger partial charge in [-0.25, -0.2) is 4.98 Å². The van der Waals surface area contributed by atoms with E-state index in [4.69, 9.17) is 18.0 Å². The first-order chi connectivity index (χ1) is 8.25. The molecular formula is C11H11N5S. The fourth-order valence-corrected chi connectivity index (χ4v) is 2.17. The summed E-state index contributed by atoms with van der Waals surface area (Å²) in [7, 11) is 0. The fourth-order valence-electron chi connectivity index (χ4n) is 1.91. The summed E-state index contributed by atoms with van der Waals surface area (Å²) in [5.41, 5.74) is 7.59. The molecule has 1 aliphatic heterocycles. The minimum atomic E-state index is 0.332. The van der Waals surface area contributed by atoms with Gasteiger partial charge in [-0.15, -0.1) is 0 Å². The lowest BCUT2D eigenvalue weighted by atomic mass is 10.3. The minimum absolute atomic E-state index is 0.332. The number of aromatic nitrogens is 2. The van der Waals surface area contributed by atoms with E-state index in [1.807, 2.05) is 30.3 Å². The van der Waals surface area contributed by atoms with Gasteiger partial charge in [-0.2, -0.15) is 0 Å². The molecule has 0 amide bonds. The van der Waals surface area contributed by atoms with Crippen molar-refractivity contribution >= 4 is 35.4 Å². The first kappa shape index (κ1) is 10.1. The van der Waals surface area contributed by atoms with E-state index in [1.54, 1.807) is 0 Å². The first-order valence-electron chi connectivity index (χ1n) is 5.22. The monoisotopic (exact) mass is 245 g/mol. The van der Waals surface area contributed by atoms with Crippen LogP contribution in [0.25, 0.3) is 0 Å². The van der Waals surface area contributed by atoms with Crippen LogP contribution in [0.4, 0.5) is 23.1 Å². The van der Waals surface area contributed by atoms with Crippen LogP contribution in [-0.4, -0.2) is 16.6 Å². The molecule has 1 aromatic heterocycles. The number of hydrogen-bond acceptors (Lipinski definition) is 5. The molecule has 86 valence electrons. The third-order valence-corrected chi connectivity index (χ3v) is 2.97. The van der Waals surface area contributed by atoms with E-state index >= 15 is 0 Å². The molecule has 0 fully saturated rings. The van der Waals surface area contributed by atoms with E-state index in [0.717, 1.165) is 17.2 Å². The van der Waals surface area contributed by atoms with E-state index in [-0.39, 0.29) is 0 Å². The van der Waals surface area contributed by atoms with Gasteiger partial charge in [0, 0.05) is 5.69 Å². The zero-order valence-corrected chi connectivity index (χ0v) is 9.79. The number of H-pyrrole nitrogens is 1. The zero-order chi connectivity index (χ0) is 11.8. The summed E-state index contributed by atoms with van der Waals surface area (Å²) >= 11 is 5.17. The van der Waals surface area contributed by atoms with Gasteiger partial charge in [0.05, 0.1) is 6.67 Å². The second-order valence-corrected chi connectivity index (χ2v) is 4.14. The largest absolute Gasteiger partial charge is 0.369 e. The van der Waals surface area contributed by atoms with Gasteiger partial charge in [0.1, 0.15) is 11.5 Å². The molecule has 0 saturated carbocycles. The number of rotatable bonds is 1. The Hall–Kier alpha value is -2.08. The van der Waals surface area contributed by atoms with Crippen LogP contribution in [0.1, 0.15) is 0 Å². The molecular weight excluding hydrogens is 234 g/mol. The second kappa shape index (κ2) is 3.74. The maximum atomic E-state index is 5.68. The summed E-state index contributed by atoms with van der Waals surface area (Å²) < 4.78 is 0.495. The Kier molecular flexibility index (Phi) is 2.22. The Bertz CT molecular complexity index is 607. The lowest BCUT2D eigenvalue weighted by Crippen LogP contribution is -2.17. The SMILES string of the molecule is Nc1nc(=S)c2c([nH]1)N(c1ccccc1)CN2. The highest BCUT2D eigenvalue weighted by Gasteiger charge is 2.22. The number of nitrogens with zero attached hydrogens (tertiary/aromatic N) is 2. The fraction of sp³-hybridized carbons (Fsp3) is 0.0909. The molecule has 0 aliphatic carbocycles. The molecule has 3 rings (SSSR count). The molecule has 4 N–H and O–H groups in total. The number of nitrogens with two attached hydrogens (primary N) is 1. The van der Waals surface area contributed by atoms with E-state index in [2.05, 4.69) is 20.2 Å². The van der Waals surface area contributed by atoms with Crippen LogP contribution in [0.3, 0.4) is 0 Å². The third kappa shape index (κ3) is 1.62. The Morgan fingerprint density at radius 1 is 1.29 bits per heavy atom. The van der Waals surface area contributed by atoms with Gasteiger partial charge in [-0.1, -0.05) is 30.4 Å². The number of aromatic amines is 1. The van der Waals surface area contributed by atoms with Gasteiger partial charge in [0.25, 0.3) is 0 Å². The van der Waals surface area contributed by atoms with E-state index < -0.39 is 0 Å². The van der Waals surface area contributed by atoms with Crippen molar-refractivity contribution in [3.8, 4) is 0 Å². The Labute approximate surface area is 103 Å². The van der Waals surface area contributed by atoms with E-state index in [1.165, 1.54) is 0 Å². The predicted octanol–water partition coefficient (Wildman–Crippen LogP) is 2.24. The average molecular weight is 245 g/mol. The van der Waals surface area contributed by atoms with Gasteiger partial charge in [-0.05, 0) is 12.1 Å². The number of hydrogen-bond donors (Lipinski definition) is 3. The van der Waals surface area contributed by atoms with Crippen molar-refractivity contribution in [2.75, 3.05) is 22.6 Å². The molecule has 0 radical (unpaired) electrons. The van der Waals surface area contributed by atoms with Gasteiger partial charge >= 0.3 is 0 Å². The van der Waals surface area contributed by atoms with Crippen molar-refractivity contribution in [3.05, 3.63) is 35.0 Å². The van der Waals surface area contributed by atoms with Gasteiger partial charge < -0.3 is 20.9 Å². The van der Waals surface area contributed by atoms with Crippen molar-refractivity contribution in [1.82, 2.24) is 9.97 Å². The van der Waals surface area contributed by atoms with Crippen molar-refractivity contribution < 1.29 is 0 Å². The second-order valence-electron chi connectivity index (χ2n) is 3.75. The van der Waals surface area contributed by atoms with Crippen LogP contribution < -0.4 is 16.0 Å². The number of nitrogen functional groups attached to an aromatic ring is 1. The summed E-state index contributed by atoms with van der Waals surface area (Å²) in [6.45, 7) is 0.657. The molecule has 0 atom stereocenters. The summed E-state index contributed by atoms with van der Waals surface area (Å²) in [5, 5.41) is 3.22. The number of fused-ring (bicyclic) bond motifs is 1. The lowest BCUT2D eigenvalue weighted by Gasteiger charge is -2.17. The maximum absolute atomic E-state index is 5.68. The van der Waals surface area contributed by atoms with Crippen LogP contribution in [0.5, 0.6) is 0 Å². The normalized spacial score (nSPS) is 13.3. The minimum Gasteiger partial charge on any atom is -0.369 e. The van der Waals surface area contributed by atoms with E-state index in [0.29, 0.717) is 17.3 Å². The van der Waals surface area contributed by atoms with Crippen LogP contribution in [0.15, 0.2) is 30.3 Å². The summed E-state index contributed by atoms with van der Waals surface area (Å²) in [5.74, 6) is 1.20. The van der Waals surface area contributed by atoms with Crippen LogP contribution in [0.2, 0.25) is 0 Å². The van der Waals surface area contributed by atoms with Gasteiger partial charge in [-0.3, -0.25) is 0 Å². The first-order valence-corrected chi connectivity index (χ1v) is 5.63. The summed E-state index contributed by atoms with van der Waals surface area (Å²) in [6.07, 6.45) is 0. The van der Waals surface area contributed by atoms with Crippen molar-refractivity contribution in [2.45, 2.75) is 0 Å². The van der Waals surface area contributed by atoms with Gasteiger partial charge in [0.15, 0.2) is 10.6 Å². The van der Waals surface area contributed by atoms with Crippen molar-refractivity contribution in [1.29, 1.82) is 0 Å². The smallest absolute Gasteiger partial charge is 0.200 e. The molecule has 0 saturated heterocycles. The highest BCUT2D eigenvalue weighted by atomic mass is 32.1.